The molecular formula is C14H18N2O2. The molecule has 0 atom stereocenters. The second-order valence-electron chi connectivity index (χ2n) is 4.81. The van der Waals surface area contributed by atoms with Gasteiger partial charge in [-0.2, -0.15) is 0 Å². The average Bonchev–Trinajstić information content (AvgIpc) is 2.38. The molecule has 96 valence electrons. The molecule has 1 aromatic rings. The number of carbonyl (C=O) groups excluding carboxylic acids is 2. The van der Waals surface area contributed by atoms with Gasteiger partial charge in [0, 0.05) is 38.3 Å². The molecule has 0 bridgehead atoms. The fraction of sp³-hybridized carbons (Fsp3) is 0.429. The van der Waals surface area contributed by atoms with Gasteiger partial charge >= 0.3 is 0 Å². The second-order valence-corrected chi connectivity index (χ2v) is 4.81. The van der Waals surface area contributed by atoms with Crippen LogP contribution in [0.2, 0.25) is 0 Å². The Morgan fingerprint density at radius 2 is 1.89 bits per heavy atom. The third-order valence-electron chi connectivity index (χ3n) is 3.17. The van der Waals surface area contributed by atoms with Gasteiger partial charge in [0.05, 0.1) is 6.54 Å². The highest BCUT2D eigenvalue weighted by molar-refractivity contribution is 5.97. The van der Waals surface area contributed by atoms with E-state index in [0.717, 1.165) is 12.1 Å². The summed E-state index contributed by atoms with van der Waals surface area (Å²) in [4.78, 5) is 27.2. The first kappa shape index (κ1) is 12.6. The molecule has 1 fully saturated rings. The lowest BCUT2D eigenvalue weighted by molar-refractivity contribution is -0.121. The van der Waals surface area contributed by atoms with Crippen LogP contribution in [0, 0.1) is 0 Å². The van der Waals surface area contributed by atoms with Gasteiger partial charge in [0.1, 0.15) is 0 Å². The maximum Gasteiger partial charge on any atom is 0.254 e. The molecule has 4 heteroatoms. The van der Waals surface area contributed by atoms with E-state index in [1.807, 2.05) is 43.3 Å². The van der Waals surface area contributed by atoms with E-state index in [0.29, 0.717) is 18.5 Å². The van der Waals surface area contributed by atoms with Crippen molar-refractivity contribution in [2.75, 3.05) is 32.1 Å². The van der Waals surface area contributed by atoms with E-state index in [1.165, 1.54) is 0 Å². The molecule has 1 amide bonds. The number of anilines is 1. The highest BCUT2D eigenvalue weighted by Crippen LogP contribution is 2.15. The van der Waals surface area contributed by atoms with Crippen LogP contribution in [-0.4, -0.2) is 43.8 Å². The molecule has 0 saturated carbocycles. The number of benzene rings is 1. The Kier molecular flexibility index (Phi) is 3.65. The SMILES string of the molecule is CN(C)c1ccc(C(=O)N2CCCC(=O)C2)cc1. The normalized spacial score (nSPS) is 15.7. The zero-order chi connectivity index (χ0) is 13.1. The molecule has 0 spiro atoms. The number of piperidine rings is 1. The Morgan fingerprint density at radius 3 is 2.44 bits per heavy atom. The number of ketones is 1. The van der Waals surface area contributed by atoms with E-state index in [2.05, 4.69) is 0 Å². The van der Waals surface area contributed by atoms with Gasteiger partial charge < -0.3 is 9.80 Å². The molecule has 0 aliphatic carbocycles. The second kappa shape index (κ2) is 5.21. The first-order valence-corrected chi connectivity index (χ1v) is 6.16. The summed E-state index contributed by atoms with van der Waals surface area (Å²) >= 11 is 0. The van der Waals surface area contributed by atoms with E-state index in [1.54, 1.807) is 4.90 Å². The Labute approximate surface area is 107 Å². The highest BCUT2D eigenvalue weighted by atomic mass is 16.2. The number of amides is 1. The summed E-state index contributed by atoms with van der Waals surface area (Å²) in [5.74, 6) is 0.105. The van der Waals surface area contributed by atoms with E-state index < -0.39 is 0 Å². The van der Waals surface area contributed by atoms with Crippen molar-refractivity contribution in [2.24, 2.45) is 0 Å². The lowest BCUT2D eigenvalue weighted by atomic mass is 10.1. The van der Waals surface area contributed by atoms with Crippen LogP contribution in [0.25, 0.3) is 0 Å². The molecule has 0 radical (unpaired) electrons. The smallest absolute Gasteiger partial charge is 0.254 e. The van der Waals surface area contributed by atoms with Crippen molar-refractivity contribution in [3.8, 4) is 0 Å². The van der Waals surface area contributed by atoms with E-state index >= 15 is 0 Å². The van der Waals surface area contributed by atoms with Crippen LogP contribution in [0.3, 0.4) is 0 Å². The van der Waals surface area contributed by atoms with Gasteiger partial charge in [-0.3, -0.25) is 9.59 Å². The quantitative estimate of drug-likeness (QED) is 0.795. The summed E-state index contributed by atoms with van der Waals surface area (Å²) < 4.78 is 0. The van der Waals surface area contributed by atoms with Gasteiger partial charge in [-0.1, -0.05) is 0 Å². The Bertz CT molecular complexity index is 451. The molecule has 0 N–H and O–H groups in total. The zero-order valence-electron chi connectivity index (χ0n) is 10.8. The van der Waals surface area contributed by atoms with Crippen LogP contribution >= 0.6 is 0 Å². The van der Waals surface area contributed by atoms with Crippen molar-refractivity contribution in [1.29, 1.82) is 0 Å². The molecule has 0 aromatic heterocycles. The van der Waals surface area contributed by atoms with E-state index in [4.69, 9.17) is 0 Å². The largest absolute Gasteiger partial charge is 0.378 e. The summed E-state index contributed by atoms with van der Waals surface area (Å²) in [5, 5.41) is 0. The molecular weight excluding hydrogens is 228 g/mol. The average molecular weight is 246 g/mol. The fourth-order valence-corrected chi connectivity index (χ4v) is 2.10. The molecule has 18 heavy (non-hydrogen) atoms. The number of likely N-dealkylation sites (tertiary alicyclic amines) is 1. The lowest BCUT2D eigenvalue weighted by Gasteiger charge is -2.26. The van der Waals surface area contributed by atoms with Crippen molar-refractivity contribution < 1.29 is 9.59 Å². The van der Waals surface area contributed by atoms with Gasteiger partial charge in [0.15, 0.2) is 5.78 Å². The van der Waals surface area contributed by atoms with Crippen molar-refractivity contribution in [3.63, 3.8) is 0 Å². The van der Waals surface area contributed by atoms with Crippen molar-refractivity contribution in [3.05, 3.63) is 29.8 Å². The predicted molar refractivity (Wildman–Crippen MR) is 70.9 cm³/mol. The summed E-state index contributed by atoms with van der Waals surface area (Å²) in [6, 6.07) is 7.46. The number of Topliss-reactive ketones (excluding diaryl/α,β-unsaturated/α-hetero) is 1. The third-order valence-corrected chi connectivity index (χ3v) is 3.17. The zero-order valence-corrected chi connectivity index (χ0v) is 10.8. The van der Waals surface area contributed by atoms with E-state index in [-0.39, 0.29) is 18.2 Å². The lowest BCUT2D eigenvalue weighted by Crippen LogP contribution is -2.40. The molecule has 2 rings (SSSR count). The summed E-state index contributed by atoms with van der Waals surface area (Å²) in [5.41, 5.74) is 1.71. The molecule has 1 saturated heterocycles. The third kappa shape index (κ3) is 2.70. The maximum absolute atomic E-state index is 12.2. The van der Waals surface area contributed by atoms with Crippen LogP contribution in [0.5, 0.6) is 0 Å². The molecule has 0 unspecified atom stereocenters. The molecule has 1 aliphatic heterocycles. The predicted octanol–water partition coefficient (Wildman–Crippen LogP) is 1.56. The number of carbonyl (C=O) groups is 2. The number of hydrogen-bond donors (Lipinski definition) is 0. The van der Waals surface area contributed by atoms with Gasteiger partial charge in [0.2, 0.25) is 0 Å². The van der Waals surface area contributed by atoms with Crippen molar-refractivity contribution in [1.82, 2.24) is 4.90 Å². The maximum atomic E-state index is 12.2. The van der Waals surface area contributed by atoms with Crippen molar-refractivity contribution >= 4 is 17.4 Å². The molecule has 1 aromatic carbocycles. The number of hydrogen-bond acceptors (Lipinski definition) is 3. The van der Waals surface area contributed by atoms with E-state index in [9.17, 15) is 9.59 Å². The number of nitrogens with zero attached hydrogens (tertiary/aromatic N) is 2. The topological polar surface area (TPSA) is 40.6 Å². The van der Waals surface area contributed by atoms with Gasteiger partial charge in [-0.25, -0.2) is 0 Å². The first-order valence-electron chi connectivity index (χ1n) is 6.16. The monoisotopic (exact) mass is 246 g/mol. The Balaban J connectivity index is 2.10. The Morgan fingerprint density at radius 1 is 1.22 bits per heavy atom. The minimum absolute atomic E-state index is 0.0478. The molecule has 1 heterocycles. The standard InChI is InChI=1S/C14H18N2O2/c1-15(2)12-7-5-11(6-8-12)14(18)16-9-3-4-13(17)10-16/h5-8H,3-4,9-10H2,1-2H3. The summed E-state index contributed by atoms with van der Waals surface area (Å²) in [7, 11) is 3.92. The fourth-order valence-electron chi connectivity index (χ4n) is 2.10. The van der Waals surface area contributed by atoms with Crippen LogP contribution in [0.4, 0.5) is 5.69 Å². The summed E-state index contributed by atoms with van der Waals surface area (Å²) in [6.07, 6.45) is 1.38. The minimum atomic E-state index is -0.0478. The molecule has 4 nitrogen and oxygen atoms in total. The molecule has 1 aliphatic rings. The van der Waals surface area contributed by atoms with Gasteiger partial charge in [-0.15, -0.1) is 0 Å². The van der Waals surface area contributed by atoms with Crippen LogP contribution < -0.4 is 4.90 Å². The van der Waals surface area contributed by atoms with Crippen LogP contribution in [0.1, 0.15) is 23.2 Å². The highest BCUT2D eigenvalue weighted by Gasteiger charge is 2.22. The van der Waals surface area contributed by atoms with Gasteiger partial charge in [-0.05, 0) is 30.7 Å². The summed E-state index contributed by atoms with van der Waals surface area (Å²) in [6.45, 7) is 0.939. The van der Waals surface area contributed by atoms with Crippen LogP contribution in [0.15, 0.2) is 24.3 Å². The van der Waals surface area contributed by atoms with Crippen LogP contribution in [-0.2, 0) is 4.79 Å². The first-order chi connectivity index (χ1) is 8.58. The van der Waals surface area contributed by atoms with Crippen molar-refractivity contribution in [2.45, 2.75) is 12.8 Å². The van der Waals surface area contributed by atoms with Gasteiger partial charge in [0.25, 0.3) is 5.91 Å². The number of rotatable bonds is 2. The minimum Gasteiger partial charge on any atom is -0.378 e. The Hall–Kier alpha value is -1.84.